The van der Waals surface area contributed by atoms with E-state index in [1.165, 1.54) is 12.1 Å². The van der Waals surface area contributed by atoms with Crippen LogP contribution in [-0.2, 0) is 19.4 Å². The monoisotopic (exact) mass is 351 g/mol. The second-order valence-corrected chi connectivity index (χ2v) is 6.94. The highest BCUT2D eigenvalue weighted by atomic mass is 16.3. The smallest absolute Gasteiger partial charge is 0.115 e. The minimum Gasteiger partial charge on any atom is -0.508 e. The number of fused-ring (bicyclic) bond motifs is 1. The molecule has 136 valence electrons. The number of hydrogen-bond donors (Lipinski definition) is 3. The molecule has 26 heavy (non-hydrogen) atoms. The number of rotatable bonds is 6. The fourth-order valence-electron chi connectivity index (χ4n) is 3.73. The number of benzene rings is 1. The predicted octanol–water partition coefficient (Wildman–Crippen LogP) is 3.33. The van der Waals surface area contributed by atoms with Gasteiger partial charge in [-0.3, -0.25) is 4.90 Å². The molecule has 3 aromatic rings. The molecule has 0 radical (unpaired) electrons. The molecule has 0 bridgehead atoms. The van der Waals surface area contributed by atoms with E-state index in [1.807, 2.05) is 18.3 Å². The van der Waals surface area contributed by atoms with Crippen LogP contribution in [0, 0.1) is 0 Å². The van der Waals surface area contributed by atoms with Gasteiger partial charge in [0.1, 0.15) is 11.6 Å². The summed E-state index contributed by atoms with van der Waals surface area (Å²) in [6.07, 6.45) is 7.98. The number of phenols is 1. The molecule has 4 rings (SSSR count). The number of H-pyrrole nitrogens is 2. The van der Waals surface area contributed by atoms with Crippen molar-refractivity contribution in [3.63, 3.8) is 0 Å². The highest BCUT2D eigenvalue weighted by molar-refractivity contribution is 5.36. The zero-order chi connectivity index (χ0) is 17.9. The first-order chi connectivity index (χ1) is 12.7. The third-order valence-electron chi connectivity index (χ3n) is 5.03. The number of nitrogens with one attached hydrogen (secondary N) is 2. The Labute approximate surface area is 153 Å². The Kier molecular flexibility index (Phi) is 4.75. The minimum atomic E-state index is 0.0273. The van der Waals surface area contributed by atoms with Crippen LogP contribution in [0.4, 0.5) is 0 Å². The van der Waals surface area contributed by atoms with Gasteiger partial charge in [-0.1, -0.05) is 25.5 Å². The zero-order valence-electron chi connectivity index (χ0n) is 15.1. The highest BCUT2D eigenvalue weighted by Gasteiger charge is 2.31. The average Bonchev–Trinajstić information content (AvgIpc) is 3.29. The van der Waals surface area contributed by atoms with Crippen LogP contribution in [0.15, 0.2) is 36.8 Å². The number of aromatic nitrogens is 4. The topological polar surface area (TPSA) is 80.8 Å². The Hall–Kier alpha value is -2.60. The molecule has 3 N–H and O–H groups in total. The van der Waals surface area contributed by atoms with E-state index in [0.717, 1.165) is 55.1 Å². The second kappa shape index (κ2) is 7.33. The van der Waals surface area contributed by atoms with Crippen molar-refractivity contribution in [2.24, 2.45) is 0 Å². The minimum absolute atomic E-state index is 0.0273. The summed E-state index contributed by atoms with van der Waals surface area (Å²) in [5.74, 6) is 1.35. The third kappa shape index (κ3) is 3.37. The molecule has 0 spiro atoms. The molecule has 6 nitrogen and oxygen atoms in total. The predicted molar refractivity (Wildman–Crippen MR) is 99.9 cm³/mol. The van der Waals surface area contributed by atoms with Crippen molar-refractivity contribution in [1.82, 2.24) is 24.8 Å². The van der Waals surface area contributed by atoms with Crippen LogP contribution in [-0.4, -0.2) is 36.5 Å². The Morgan fingerprint density at radius 3 is 3.08 bits per heavy atom. The van der Waals surface area contributed by atoms with E-state index in [4.69, 9.17) is 0 Å². The van der Waals surface area contributed by atoms with Gasteiger partial charge in [0.2, 0.25) is 0 Å². The van der Waals surface area contributed by atoms with Gasteiger partial charge in [0, 0.05) is 43.5 Å². The van der Waals surface area contributed by atoms with Crippen LogP contribution < -0.4 is 0 Å². The lowest BCUT2D eigenvalue weighted by Crippen LogP contribution is -2.36. The van der Waals surface area contributed by atoms with Crippen LogP contribution in [0.25, 0.3) is 0 Å². The summed E-state index contributed by atoms with van der Waals surface area (Å²) in [6.45, 7) is 3.91. The van der Waals surface area contributed by atoms with Gasteiger partial charge in [0.25, 0.3) is 0 Å². The molecule has 1 aromatic carbocycles. The Bertz CT molecular complexity index is 868. The van der Waals surface area contributed by atoms with E-state index in [2.05, 4.69) is 37.8 Å². The molecule has 2 aromatic heterocycles. The van der Waals surface area contributed by atoms with Crippen molar-refractivity contribution in [3.8, 4) is 5.75 Å². The van der Waals surface area contributed by atoms with Gasteiger partial charge in [-0.25, -0.2) is 9.97 Å². The number of aromatic hydroxyl groups is 1. The summed E-state index contributed by atoms with van der Waals surface area (Å²) >= 11 is 0. The van der Waals surface area contributed by atoms with Crippen molar-refractivity contribution in [1.29, 1.82) is 0 Å². The molecule has 0 amide bonds. The van der Waals surface area contributed by atoms with Gasteiger partial charge in [0.15, 0.2) is 0 Å². The Morgan fingerprint density at radius 1 is 1.31 bits per heavy atom. The lowest BCUT2D eigenvalue weighted by molar-refractivity contribution is 0.198. The first-order valence-corrected chi connectivity index (χ1v) is 9.32. The highest BCUT2D eigenvalue weighted by Crippen LogP contribution is 2.35. The van der Waals surface area contributed by atoms with Gasteiger partial charge in [-0.15, -0.1) is 0 Å². The molecule has 3 heterocycles. The van der Waals surface area contributed by atoms with E-state index in [-0.39, 0.29) is 11.8 Å². The Morgan fingerprint density at radius 2 is 2.23 bits per heavy atom. The van der Waals surface area contributed by atoms with Crippen LogP contribution >= 0.6 is 0 Å². The van der Waals surface area contributed by atoms with Gasteiger partial charge < -0.3 is 15.1 Å². The lowest BCUT2D eigenvalue weighted by atomic mass is 9.95. The van der Waals surface area contributed by atoms with Gasteiger partial charge in [-0.05, 0) is 24.1 Å². The molecular weight excluding hydrogens is 326 g/mol. The van der Waals surface area contributed by atoms with Crippen molar-refractivity contribution in [2.75, 3.05) is 6.54 Å². The molecule has 1 atom stereocenters. The standard InChI is InChI=1S/C20H25N5O/c1-2-3-7-18-21-11-15(24-18)12-25-9-8-17-19(23-13-22-17)20(25)14-5-4-6-16(26)10-14/h4-6,10-11,13,20,26H,2-3,7-9,12H2,1H3,(H,21,24)(H,22,23)/t20-/m1/s1. The first-order valence-electron chi connectivity index (χ1n) is 9.32. The Balaban J connectivity index is 1.61. The van der Waals surface area contributed by atoms with E-state index >= 15 is 0 Å². The summed E-state index contributed by atoms with van der Waals surface area (Å²) in [4.78, 5) is 18.2. The zero-order valence-corrected chi connectivity index (χ0v) is 15.1. The maximum Gasteiger partial charge on any atom is 0.115 e. The fourth-order valence-corrected chi connectivity index (χ4v) is 3.73. The van der Waals surface area contributed by atoms with E-state index in [9.17, 15) is 5.11 Å². The van der Waals surface area contributed by atoms with Gasteiger partial charge in [-0.2, -0.15) is 0 Å². The molecule has 0 unspecified atom stereocenters. The fraction of sp³-hybridized carbons (Fsp3) is 0.400. The normalized spacial score (nSPS) is 17.3. The van der Waals surface area contributed by atoms with Crippen molar-refractivity contribution in [2.45, 2.75) is 45.2 Å². The lowest BCUT2D eigenvalue weighted by Gasteiger charge is -2.34. The van der Waals surface area contributed by atoms with Crippen LogP contribution in [0.1, 0.15) is 54.3 Å². The molecular formula is C20H25N5O. The van der Waals surface area contributed by atoms with Crippen LogP contribution in [0.2, 0.25) is 0 Å². The summed E-state index contributed by atoms with van der Waals surface area (Å²) in [6, 6.07) is 7.52. The largest absolute Gasteiger partial charge is 0.508 e. The maximum atomic E-state index is 9.94. The van der Waals surface area contributed by atoms with E-state index in [1.54, 1.807) is 12.4 Å². The molecule has 0 saturated carbocycles. The number of aromatic amines is 2. The molecule has 0 saturated heterocycles. The molecule has 1 aliphatic heterocycles. The maximum absolute atomic E-state index is 9.94. The van der Waals surface area contributed by atoms with Gasteiger partial charge in [0.05, 0.1) is 18.1 Å². The first kappa shape index (κ1) is 16.8. The molecule has 0 aliphatic carbocycles. The van der Waals surface area contributed by atoms with Crippen molar-refractivity contribution < 1.29 is 5.11 Å². The average molecular weight is 351 g/mol. The third-order valence-corrected chi connectivity index (χ3v) is 5.03. The van der Waals surface area contributed by atoms with E-state index in [0.29, 0.717) is 0 Å². The number of phenolic OH excluding ortho intramolecular Hbond substituents is 1. The van der Waals surface area contributed by atoms with Crippen molar-refractivity contribution >= 4 is 0 Å². The summed E-state index contributed by atoms with van der Waals surface area (Å²) in [5.41, 5.74) is 4.42. The van der Waals surface area contributed by atoms with Gasteiger partial charge >= 0.3 is 0 Å². The summed E-state index contributed by atoms with van der Waals surface area (Å²) < 4.78 is 0. The van der Waals surface area contributed by atoms with Crippen LogP contribution in [0.5, 0.6) is 5.75 Å². The van der Waals surface area contributed by atoms with E-state index < -0.39 is 0 Å². The number of unbranched alkanes of at least 4 members (excludes halogenated alkanes) is 1. The van der Waals surface area contributed by atoms with Crippen LogP contribution in [0.3, 0.4) is 0 Å². The number of aryl methyl sites for hydroxylation is 1. The number of hydrogen-bond acceptors (Lipinski definition) is 4. The number of nitrogens with zero attached hydrogens (tertiary/aromatic N) is 3. The van der Waals surface area contributed by atoms with Crippen molar-refractivity contribution in [3.05, 3.63) is 65.3 Å². The molecule has 6 heteroatoms. The SMILES string of the molecule is CCCCc1ncc(CN2CCc3[nH]cnc3[C@H]2c2cccc(O)c2)[nH]1. The second-order valence-electron chi connectivity index (χ2n) is 6.94. The quantitative estimate of drug-likeness (QED) is 0.636. The summed E-state index contributed by atoms with van der Waals surface area (Å²) in [7, 11) is 0. The number of imidazole rings is 2. The summed E-state index contributed by atoms with van der Waals surface area (Å²) in [5, 5.41) is 9.94. The molecule has 0 fully saturated rings. The molecule has 1 aliphatic rings.